The number of hydrogen-bond donors (Lipinski definition) is 0. The van der Waals surface area contributed by atoms with Crippen LogP contribution in [0.3, 0.4) is 0 Å². The van der Waals surface area contributed by atoms with E-state index in [0.29, 0.717) is 11.3 Å². The van der Waals surface area contributed by atoms with Crippen LogP contribution < -0.4 is 4.74 Å². The summed E-state index contributed by atoms with van der Waals surface area (Å²) in [5.74, 6) is -2.22. The number of esters is 1. The first-order valence-corrected chi connectivity index (χ1v) is 10.7. The fraction of sp³-hybridized carbons (Fsp3) is 0.350. The maximum Gasteiger partial charge on any atom is 0.341 e. The molecule has 30 heavy (non-hydrogen) atoms. The van der Waals surface area contributed by atoms with Crippen molar-refractivity contribution in [1.82, 2.24) is 4.31 Å². The topological polar surface area (TPSA) is 82.1 Å². The van der Waals surface area contributed by atoms with Gasteiger partial charge in [0.25, 0.3) is 0 Å². The molecule has 1 aliphatic heterocycles. The first-order valence-electron chi connectivity index (χ1n) is 9.26. The third-order valence-corrected chi connectivity index (χ3v) is 6.66. The van der Waals surface area contributed by atoms with E-state index in [4.69, 9.17) is 14.2 Å². The monoisotopic (exact) mass is 441 g/mol. The number of hydrogen-bond acceptors (Lipinski definition) is 6. The molecule has 10 heteroatoms. The Hall–Kier alpha value is -2.56. The van der Waals surface area contributed by atoms with E-state index in [2.05, 4.69) is 0 Å². The molecule has 0 amide bonds. The molecule has 1 aliphatic rings. The summed E-state index contributed by atoms with van der Waals surface area (Å²) in [4.78, 5) is 12.2. The van der Waals surface area contributed by atoms with Gasteiger partial charge < -0.3 is 14.2 Å². The zero-order valence-electron chi connectivity index (χ0n) is 16.5. The van der Waals surface area contributed by atoms with Crippen LogP contribution in [0, 0.1) is 11.6 Å². The Bertz CT molecular complexity index is 1050. The highest BCUT2D eigenvalue weighted by Crippen LogP contribution is 2.30. The summed E-state index contributed by atoms with van der Waals surface area (Å²) >= 11 is 0. The lowest BCUT2D eigenvalue weighted by Gasteiger charge is -2.21. The summed E-state index contributed by atoms with van der Waals surface area (Å²) in [6, 6.07) is 5.33. The molecule has 0 N–H and O–H groups in total. The third-order valence-electron chi connectivity index (χ3n) is 4.61. The van der Waals surface area contributed by atoms with Crippen molar-refractivity contribution < 1.29 is 36.2 Å². The number of fused-ring (bicyclic) bond motifs is 1. The quantitative estimate of drug-likeness (QED) is 0.614. The van der Waals surface area contributed by atoms with Gasteiger partial charge in [0, 0.05) is 24.2 Å². The Kier molecular flexibility index (Phi) is 6.69. The van der Waals surface area contributed by atoms with Gasteiger partial charge in [-0.25, -0.2) is 22.0 Å². The average molecular weight is 441 g/mol. The molecule has 1 heterocycles. The smallest absolute Gasteiger partial charge is 0.341 e. The van der Waals surface area contributed by atoms with E-state index >= 15 is 0 Å². The van der Waals surface area contributed by atoms with Crippen molar-refractivity contribution in [3.63, 3.8) is 0 Å². The van der Waals surface area contributed by atoms with Gasteiger partial charge in [0.15, 0.2) is 6.79 Å². The second kappa shape index (κ2) is 9.07. The summed E-state index contributed by atoms with van der Waals surface area (Å²) in [5.41, 5.74) is 0.192. The van der Waals surface area contributed by atoms with Crippen molar-refractivity contribution in [2.24, 2.45) is 0 Å². The maximum atomic E-state index is 14.2. The molecule has 0 bridgehead atoms. The van der Waals surface area contributed by atoms with Crippen LogP contribution >= 0.6 is 0 Å². The van der Waals surface area contributed by atoms with Crippen molar-refractivity contribution in [3.05, 3.63) is 58.7 Å². The van der Waals surface area contributed by atoms with Crippen molar-refractivity contribution >= 4 is 16.0 Å². The molecular weight excluding hydrogens is 420 g/mol. The normalized spacial score (nSPS) is 13.6. The predicted octanol–water partition coefficient (Wildman–Crippen LogP) is 3.22. The Morgan fingerprint density at radius 3 is 2.60 bits per heavy atom. The van der Waals surface area contributed by atoms with Gasteiger partial charge >= 0.3 is 5.97 Å². The van der Waals surface area contributed by atoms with Crippen molar-refractivity contribution in [3.8, 4) is 5.75 Å². The molecule has 0 unspecified atom stereocenters. The third kappa shape index (κ3) is 4.45. The molecule has 0 spiro atoms. The van der Waals surface area contributed by atoms with Crippen molar-refractivity contribution in [2.45, 2.75) is 32.0 Å². The van der Waals surface area contributed by atoms with E-state index in [1.54, 1.807) is 13.8 Å². The zero-order chi connectivity index (χ0) is 21.9. The molecule has 0 atom stereocenters. The van der Waals surface area contributed by atoms with Crippen LogP contribution in [-0.2, 0) is 32.7 Å². The molecule has 0 saturated carbocycles. The van der Waals surface area contributed by atoms with Crippen LogP contribution in [-0.4, -0.2) is 38.6 Å². The molecule has 0 fully saturated rings. The van der Waals surface area contributed by atoms with Gasteiger partial charge in [-0.3, -0.25) is 0 Å². The number of benzene rings is 2. The fourth-order valence-electron chi connectivity index (χ4n) is 3.12. The summed E-state index contributed by atoms with van der Waals surface area (Å²) in [6.45, 7) is 3.53. The second-order valence-electron chi connectivity index (χ2n) is 6.47. The molecule has 0 radical (unpaired) electrons. The Balaban J connectivity index is 1.84. The highest BCUT2D eigenvalue weighted by molar-refractivity contribution is 7.89. The van der Waals surface area contributed by atoms with Crippen LogP contribution in [0.25, 0.3) is 0 Å². The summed E-state index contributed by atoms with van der Waals surface area (Å²) in [5, 5.41) is 0. The fourth-order valence-corrected chi connectivity index (χ4v) is 4.60. The highest BCUT2D eigenvalue weighted by atomic mass is 32.2. The molecule has 0 aromatic heterocycles. The Labute approximate surface area is 173 Å². The second-order valence-corrected chi connectivity index (χ2v) is 8.41. The molecule has 2 aromatic carbocycles. The van der Waals surface area contributed by atoms with Crippen LogP contribution in [0.2, 0.25) is 0 Å². The number of halogens is 2. The van der Waals surface area contributed by atoms with Gasteiger partial charge in [-0.05, 0) is 30.3 Å². The van der Waals surface area contributed by atoms with Crippen molar-refractivity contribution in [1.29, 1.82) is 0 Å². The van der Waals surface area contributed by atoms with E-state index in [1.807, 2.05) is 0 Å². The first kappa shape index (κ1) is 22.1. The molecular formula is C20H21F2NO6S. The van der Waals surface area contributed by atoms with Crippen molar-refractivity contribution in [2.75, 3.05) is 19.9 Å². The van der Waals surface area contributed by atoms with Crippen LogP contribution in [0.5, 0.6) is 5.75 Å². The lowest BCUT2D eigenvalue weighted by atomic mass is 10.1. The number of rotatable bonds is 7. The van der Waals surface area contributed by atoms with E-state index in [1.165, 1.54) is 10.4 Å². The highest BCUT2D eigenvalue weighted by Gasteiger charge is 2.25. The lowest BCUT2D eigenvalue weighted by molar-refractivity contribution is -0.0183. The SMILES string of the molecule is CCN(CC)S(=O)(=O)c1ccc(F)c(C(=O)OCc2cc(F)cc3c2OCOC3)c1. The van der Waals surface area contributed by atoms with Gasteiger partial charge in [-0.15, -0.1) is 0 Å². The van der Waals surface area contributed by atoms with Crippen LogP contribution in [0.15, 0.2) is 35.2 Å². The average Bonchev–Trinajstić information content (AvgIpc) is 2.72. The summed E-state index contributed by atoms with van der Waals surface area (Å²) in [7, 11) is -3.88. The molecule has 162 valence electrons. The number of carbonyl (C=O) groups excluding carboxylic acids is 1. The minimum Gasteiger partial charge on any atom is -0.467 e. The van der Waals surface area contributed by atoms with Gasteiger partial charge in [-0.2, -0.15) is 4.31 Å². The van der Waals surface area contributed by atoms with Crippen LogP contribution in [0.4, 0.5) is 8.78 Å². The Morgan fingerprint density at radius 2 is 1.90 bits per heavy atom. The molecule has 2 aromatic rings. The molecule has 0 saturated heterocycles. The zero-order valence-corrected chi connectivity index (χ0v) is 17.3. The summed E-state index contributed by atoms with van der Waals surface area (Å²) in [6.07, 6.45) is 0. The summed E-state index contributed by atoms with van der Waals surface area (Å²) < 4.78 is 70.1. The van der Waals surface area contributed by atoms with Gasteiger partial charge in [0.1, 0.15) is 24.0 Å². The van der Waals surface area contributed by atoms with Gasteiger partial charge in [-0.1, -0.05) is 13.8 Å². The number of sulfonamides is 1. The molecule has 7 nitrogen and oxygen atoms in total. The van der Waals surface area contributed by atoms with Gasteiger partial charge in [0.05, 0.1) is 17.1 Å². The maximum absolute atomic E-state index is 14.2. The van der Waals surface area contributed by atoms with E-state index in [9.17, 15) is 22.0 Å². The molecule has 0 aliphatic carbocycles. The number of ether oxygens (including phenoxy) is 3. The first-order chi connectivity index (χ1) is 14.3. The van der Waals surface area contributed by atoms with Gasteiger partial charge in [0.2, 0.25) is 10.0 Å². The van der Waals surface area contributed by atoms with E-state index in [-0.39, 0.29) is 43.6 Å². The molecule has 3 rings (SSSR count). The van der Waals surface area contributed by atoms with Crippen LogP contribution in [0.1, 0.15) is 35.3 Å². The largest absolute Gasteiger partial charge is 0.467 e. The van der Waals surface area contributed by atoms with E-state index < -0.39 is 33.2 Å². The number of carbonyl (C=O) groups is 1. The lowest BCUT2D eigenvalue weighted by Crippen LogP contribution is -2.30. The minimum atomic E-state index is -3.88. The van der Waals surface area contributed by atoms with E-state index in [0.717, 1.165) is 24.3 Å². The Morgan fingerprint density at radius 1 is 1.17 bits per heavy atom. The standard InChI is InChI=1S/C20H21F2NO6S/c1-3-23(4-2)30(25,26)16-5-6-18(22)17(9-16)20(24)28-11-14-8-15(21)7-13-10-27-12-29-19(13)14/h5-9H,3-4,10-12H2,1-2H3. The number of nitrogens with zero attached hydrogens (tertiary/aromatic N) is 1. The predicted molar refractivity (Wildman–Crippen MR) is 102 cm³/mol. The minimum absolute atomic E-state index is 0.0283.